The van der Waals surface area contributed by atoms with E-state index >= 15 is 0 Å². The van der Waals surface area contributed by atoms with Crippen molar-refractivity contribution in [2.24, 2.45) is 0 Å². The molecule has 2 fully saturated rings. The molecule has 6 nitrogen and oxygen atoms in total. The van der Waals surface area contributed by atoms with Gasteiger partial charge in [-0.1, -0.05) is 6.07 Å². The van der Waals surface area contributed by atoms with Gasteiger partial charge in [-0.25, -0.2) is 0 Å². The van der Waals surface area contributed by atoms with Gasteiger partial charge in [-0.15, -0.1) is 11.3 Å². The minimum Gasteiger partial charge on any atom is -0.344 e. The van der Waals surface area contributed by atoms with Crippen LogP contribution in [0.2, 0.25) is 0 Å². The smallest absolute Gasteiger partial charge is 0.262 e. The van der Waals surface area contributed by atoms with E-state index in [9.17, 15) is 14.4 Å². The summed E-state index contributed by atoms with van der Waals surface area (Å²) in [5.74, 6) is -0.262. The van der Waals surface area contributed by atoms with Crippen LogP contribution in [0.15, 0.2) is 17.5 Å². The Kier molecular flexibility index (Phi) is 4.38. The fraction of sp³-hybridized carbons (Fsp3) is 0.588. The van der Waals surface area contributed by atoms with Gasteiger partial charge in [0.2, 0.25) is 11.8 Å². The third kappa shape index (κ3) is 3.05. The summed E-state index contributed by atoms with van der Waals surface area (Å²) in [6.07, 6.45) is 2.13. The predicted molar refractivity (Wildman–Crippen MR) is 91.8 cm³/mol. The summed E-state index contributed by atoms with van der Waals surface area (Å²) < 4.78 is 0. The van der Waals surface area contributed by atoms with Crippen molar-refractivity contribution in [3.8, 4) is 0 Å². The number of hydrogen-bond donors (Lipinski definition) is 1. The van der Waals surface area contributed by atoms with E-state index in [1.54, 1.807) is 31.9 Å². The van der Waals surface area contributed by atoms with Crippen molar-refractivity contribution in [1.82, 2.24) is 15.1 Å². The van der Waals surface area contributed by atoms with Crippen LogP contribution in [0.3, 0.4) is 0 Å². The largest absolute Gasteiger partial charge is 0.344 e. The molecular weight excluding hydrogens is 326 g/mol. The molecule has 3 heterocycles. The van der Waals surface area contributed by atoms with Gasteiger partial charge in [0.05, 0.1) is 4.88 Å². The molecule has 24 heavy (non-hydrogen) atoms. The van der Waals surface area contributed by atoms with Gasteiger partial charge in [0.15, 0.2) is 0 Å². The Morgan fingerprint density at radius 1 is 1.29 bits per heavy atom. The zero-order valence-corrected chi connectivity index (χ0v) is 15.1. The molecule has 2 bridgehead atoms. The lowest BCUT2D eigenvalue weighted by Crippen LogP contribution is -2.58. The van der Waals surface area contributed by atoms with E-state index in [1.165, 1.54) is 11.3 Å². The summed E-state index contributed by atoms with van der Waals surface area (Å²) in [5.41, 5.74) is -1.01. The van der Waals surface area contributed by atoms with E-state index in [-0.39, 0.29) is 29.8 Å². The van der Waals surface area contributed by atoms with Crippen molar-refractivity contribution >= 4 is 29.1 Å². The number of amides is 3. The Hall–Kier alpha value is -1.89. The normalized spacial score (nSPS) is 24.0. The van der Waals surface area contributed by atoms with Crippen molar-refractivity contribution in [3.05, 3.63) is 22.4 Å². The second kappa shape index (κ2) is 6.20. The van der Waals surface area contributed by atoms with E-state index in [0.717, 1.165) is 12.8 Å². The Morgan fingerprint density at radius 2 is 2.00 bits per heavy atom. The molecule has 0 aromatic carbocycles. The van der Waals surface area contributed by atoms with Crippen LogP contribution in [0, 0.1) is 0 Å². The second-order valence-corrected chi connectivity index (χ2v) is 8.08. The number of carbonyl (C=O) groups excluding carboxylic acids is 3. The fourth-order valence-corrected chi connectivity index (χ4v) is 4.20. The second-order valence-electron chi connectivity index (χ2n) is 7.13. The molecule has 1 N–H and O–H groups in total. The number of hydrogen-bond acceptors (Lipinski definition) is 4. The molecule has 1 aromatic rings. The number of fused-ring (bicyclic) bond motifs is 2. The zero-order chi connectivity index (χ0) is 17.5. The molecule has 2 aliphatic heterocycles. The van der Waals surface area contributed by atoms with E-state index in [0.29, 0.717) is 17.8 Å². The molecule has 2 aliphatic rings. The molecule has 0 aliphatic carbocycles. The summed E-state index contributed by atoms with van der Waals surface area (Å²) in [7, 11) is 1.79. The first kappa shape index (κ1) is 17.0. The standard InChI is InChI=1S/C17H23N3O3S/c1-17(2,18-15(22)13-5-4-8-24-13)16(23)20-11-6-7-12(20)10-19(3)14(21)9-11/h4-5,8,11-12H,6-7,9-10H2,1-3H3,(H,18,22)/t11-,12+/m1/s1. The van der Waals surface area contributed by atoms with Crippen LogP contribution in [-0.2, 0) is 9.59 Å². The molecule has 3 amide bonds. The van der Waals surface area contributed by atoms with Crippen LogP contribution in [0.1, 0.15) is 42.8 Å². The van der Waals surface area contributed by atoms with E-state index in [4.69, 9.17) is 0 Å². The first-order chi connectivity index (χ1) is 11.3. The van der Waals surface area contributed by atoms with Crippen molar-refractivity contribution in [2.45, 2.75) is 50.7 Å². The number of nitrogens with zero attached hydrogens (tertiary/aromatic N) is 2. The molecule has 2 saturated heterocycles. The van der Waals surface area contributed by atoms with Crippen LogP contribution in [0.25, 0.3) is 0 Å². The van der Waals surface area contributed by atoms with Gasteiger partial charge >= 0.3 is 0 Å². The van der Waals surface area contributed by atoms with Gasteiger partial charge in [-0.2, -0.15) is 0 Å². The van der Waals surface area contributed by atoms with E-state index < -0.39 is 5.54 Å². The molecule has 130 valence electrons. The molecule has 7 heteroatoms. The lowest BCUT2D eigenvalue weighted by Gasteiger charge is -2.35. The summed E-state index contributed by atoms with van der Waals surface area (Å²) in [4.78, 5) is 41.7. The Morgan fingerprint density at radius 3 is 2.67 bits per heavy atom. The van der Waals surface area contributed by atoms with Crippen LogP contribution < -0.4 is 5.32 Å². The van der Waals surface area contributed by atoms with Crippen molar-refractivity contribution in [3.63, 3.8) is 0 Å². The monoisotopic (exact) mass is 349 g/mol. The first-order valence-electron chi connectivity index (χ1n) is 8.22. The third-order valence-corrected chi connectivity index (χ3v) is 5.75. The van der Waals surface area contributed by atoms with Gasteiger partial charge in [0.1, 0.15) is 5.54 Å². The minimum atomic E-state index is -1.01. The molecule has 0 radical (unpaired) electrons. The zero-order valence-electron chi connectivity index (χ0n) is 14.2. The quantitative estimate of drug-likeness (QED) is 0.899. The maximum absolute atomic E-state index is 13.1. The third-order valence-electron chi connectivity index (χ3n) is 4.88. The predicted octanol–water partition coefficient (Wildman–Crippen LogP) is 1.48. The molecular formula is C17H23N3O3S. The fourth-order valence-electron chi connectivity index (χ4n) is 3.58. The van der Waals surface area contributed by atoms with Crippen LogP contribution in [0.4, 0.5) is 0 Å². The van der Waals surface area contributed by atoms with Crippen LogP contribution in [0.5, 0.6) is 0 Å². The molecule has 0 saturated carbocycles. The van der Waals surface area contributed by atoms with Crippen LogP contribution in [-0.4, -0.2) is 58.7 Å². The lowest BCUT2D eigenvalue weighted by atomic mass is 10.0. The van der Waals surface area contributed by atoms with Crippen molar-refractivity contribution in [1.29, 1.82) is 0 Å². The van der Waals surface area contributed by atoms with Gasteiger partial charge in [0.25, 0.3) is 5.91 Å². The Balaban J connectivity index is 1.77. The number of carbonyl (C=O) groups is 3. The highest BCUT2D eigenvalue weighted by atomic mass is 32.1. The Labute approximate surface area is 145 Å². The molecule has 0 spiro atoms. The van der Waals surface area contributed by atoms with Crippen LogP contribution >= 0.6 is 11.3 Å². The molecule has 0 unspecified atom stereocenters. The highest BCUT2D eigenvalue weighted by molar-refractivity contribution is 7.12. The number of rotatable bonds is 3. The average molecular weight is 349 g/mol. The van der Waals surface area contributed by atoms with Crippen molar-refractivity contribution in [2.75, 3.05) is 13.6 Å². The summed E-state index contributed by atoms with van der Waals surface area (Å²) in [6, 6.07) is 3.53. The van der Waals surface area contributed by atoms with Gasteiger partial charge < -0.3 is 15.1 Å². The number of likely N-dealkylation sites (N-methyl/N-ethyl adjacent to an activating group) is 1. The van der Waals surface area contributed by atoms with Gasteiger partial charge in [-0.05, 0) is 38.1 Å². The first-order valence-corrected chi connectivity index (χ1v) is 9.10. The van der Waals surface area contributed by atoms with E-state index in [2.05, 4.69) is 5.32 Å². The number of thiophene rings is 1. The van der Waals surface area contributed by atoms with E-state index in [1.807, 2.05) is 16.3 Å². The average Bonchev–Trinajstić information content (AvgIpc) is 3.13. The SMILES string of the molecule is CN1C[C@@H]2CC[C@H](CC1=O)N2C(=O)C(C)(C)NC(=O)c1cccs1. The molecule has 2 atom stereocenters. The summed E-state index contributed by atoms with van der Waals surface area (Å²) >= 11 is 1.35. The maximum Gasteiger partial charge on any atom is 0.262 e. The number of likely N-dealkylation sites (tertiary alicyclic amines) is 1. The molecule has 1 aromatic heterocycles. The summed E-state index contributed by atoms with van der Waals surface area (Å²) in [6.45, 7) is 4.03. The lowest BCUT2D eigenvalue weighted by molar-refractivity contribution is -0.139. The number of nitrogens with one attached hydrogen (secondary N) is 1. The Bertz CT molecular complexity index is 656. The minimum absolute atomic E-state index is 0.0388. The maximum atomic E-state index is 13.1. The topological polar surface area (TPSA) is 69.7 Å². The summed E-state index contributed by atoms with van der Waals surface area (Å²) in [5, 5.41) is 4.68. The highest BCUT2D eigenvalue weighted by Crippen LogP contribution is 2.32. The highest BCUT2D eigenvalue weighted by Gasteiger charge is 2.46. The molecule has 3 rings (SSSR count). The van der Waals surface area contributed by atoms with Crippen molar-refractivity contribution < 1.29 is 14.4 Å². The van der Waals surface area contributed by atoms with Gasteiger partial charge in [0, 0.05) is 32.1 Å². The van der Waals surface area contributed by atoms with Gasteiger partial charge in [-0.3, -0.25) is 14.4 Å².